The predicted molar refractivity (Wildman–Crippen MR) is 67.5 cm³/mol. The summed E-state index contributed by atoms with van der Waals surface area (Å²) >= 11 is 5.54. The first-order chi connectivity index (χ1) is 8.07. The quantitative estimate of drug-likeness (QED) is 0.741. The van der Waals surface area contributed by atoms with Gasteiger partial charge >= 0.3 is 0 Å². The second kappa shape index (κ2) is 6.60. The highest BCUT2D eigenvalue weighted by atomic mass is 35.5. The van der Waals surface area contributed by atoms with Crippen LogP contribution in [0, 0.1) is 5.82 Å². The zero-order valence-electron chi connectivity index (χ0n) is 10.1. The van der Waals surface area contributed by atoms with Crippen molar-refractivity contribution in [3.8, 4) is 0 Å². The highest BCUT2D eigenvalue weighted by Gasteiger charge is 2.19. The van der Waals surface area contributed by atoms with Crippen molar-refractivity contribution in [2.75, 3.05) is 12.9 Å². The summed E-state index contributed by atoms with van der Waals surface area (Å²) in [4.78, 5) is 13.3. The molecule has 0 aliphatic heterocycles. The summed E-state index contributed by atoms with van der Waals surface area (Å²) in [5, 5.41) is 0. The lowest BCUT2D eigenvalue weighted by Gasteiger charge is -2.25. The number of amides is 1. The van der Waals surface area contributed by atoms with E-state index in [0.717, 1.165) is 0 Å². The van der Waals surface area contributed by atoms with Crippen molar-refractivity contribution in [1.82, 2.24) is 4.90 Å². The van der Waals surface area contributed by atoms with Crippen molar-refractivity contribution in [2.45, 2.75) is 25.8 Å². The number of nitrogens with zero attached hydrogens (tertiary/aromatic N) is 1. The van der Waals surface area contributed by atoms with E-state index in [1.807, 2.05) is 6.92 Å². The number of carbonyl (C=O) groups is 1. The minimum absolute atomic E-state index is 0.0126. The van der Waals surface area contributed by atoms with E-state index in [9.17, 15) is 9.18 Å². The highest BCUT2D eigenvalue weighted by Crippen LogP contribution is 2.22. The van der Waals surface area contributed by atoms with E-state index in [0.29, 0.717) is 24.3 Å². The number of hydrogen-bond acceptors (Lipinski definition) is 1. The molecule has 0 aromatic heterocycles. The van der Waals surface area contributed by atoms with Crippen LogP contribution in [0.5, 0.6) is 0 Å². The summed E-state index contributed by atoms with van der Waals surface area (Å²) in [5.74, 6) is 0.173. The van der Waals surface area contributed by atoms with E-state index in [1.54, 1.807) is 30.1 Å². The van der Waals surface area contributed by atoms with Gasteiger partial charge in [0.05, 0.1) is 6.04 Å². The molecule has 0 saturated heterocycles. The third-order valence-electron chi connectivity index (χ3n) is 2.85. The Balaban J connectivity index is 2.72. The zero-order valence-corrected chi connectivity index (χ0v) is 10.9. The predicted octanol–water partition coefficient (Wildman–Crippen LogP) is 3.36. The fourth-order valence-electron chi connectivity index (χ4n) is 1.63. The third kappa shape index (κ3) is 3.70. The van der Waals surface area contributed by atoms with E-state index in [1.165, 1.54) is 6.07 Å². The van der Waals surface area contributed by atoms with Gasteiger partial charge in [0.15, 0.2) is 0 Å². The van der Waals surface area contributed by atoms with Crippen molar-refractivity contribution < 1.29 is 9.18 Å². The van der Waals surface area contributed by atoms with Crippen LogP contribution in [-0.4, -0.2) is 23.7 Å². The first-order valence-electron chi connectivity index (χ1n) is 5.64. The maximum absolute atomic E-state index is 13.6. The average Bonchev–Trinajstić information content (AvgIpc) is 2.34. The Morgan fingerprint density at radius 2 is 2.12 bits per heavy atom. The second-order valence-corrected chi connectivity index (χ2v) is 4.37. The highest BCUT2D eigenvalue weighted by molar-refractivity contribution is 6.17. The maximum atomic E-state index is 13.6. The molecule has 1 amide bonds. The van der Waals surface area contributed by atoms with E-state index in [4.69, 9.17) is 11.6 Å². The van der Waals surface area contributed by atoms with Gasteiger partial charge < -0.3 is 4.90 Å². The molecule has 1 aromatic carbocycles. The molecule has 0 heterocycles. The largest absolute Gasteiger partial charge is 0.339 e. The molecule has 0 bridgehead atoms. The smallest absolute Gasteiger partial charge is 0.222 e. The minimum Gasteiger partial charge on any atom is -0.339 e. The molecule has 0 saturated carbocycles. The Hall–Kier alpha value is -1.09. The fraction of sp³-hybridized carbons (Fsp3) is 0.462. The van der Waals surface area contributed by atoms with Gasteiger partial charge in [-0.25, -0.2) is 4.39 Å². The van der Waals surface area contributed by atoms with Gasteiger partial charge in [-0.1, -0.05) is 18.2 Å². The topological polar surface area (TPSA) is 20.3 Å². The van der Waals surface area contributed by atoms with Gasteiger partial charge in [0.2, 0.25) is 5.91 Å². The number of carbonyl (C=O) groups excluding carboxylic acids is 1. The summed E-state index contributed by atoms with van der Waals surface area (Å²) in [6.45, 7) is 1.82. The number of hydrogen-bond donors (Lipinski definition) is 0. The van der Waals surface area contributed by atoms with Crippen LogP contribution in [-0.2, 0) is 4.79 Å². The lowest BCUT2D eigenvalue weighted by molar-refractivity contribution is -0.131. The zero-order chi connectivity index (χ0) is 12.8. The number of benzene rings is 1. The number of alkyl halides is 1. The second-order valence-electron chi connectivity index (χ2n) is 3.99. The van der Waals surface area contributed by atoms with Crippen LogP contribution < -0.4 is 0 Å². The Morgan fingerprint density at radius 3 is 2.71 bits per heavy atom. The Bertz CT molecular complexity index is 383. The summed E-state index contributed by atoms with van der Waals surface area (Å²) in [6, 6.07) is 6.25. The molecule has 1 aromatic rings. The molecule has 0 radical (unpaired) electrons. The van der Waals surface area contributed by atoms with Gasteiger partial charge in [-0.05, 0) is 19.4 Å². The first kappa shape index (κ1) is 14.0. The lowest BCUT2D eigenvalue weighted by Crippen LogP contribution is -2.30. The maximum Gasteiger partial charge on any atom is 0.222 e. The van der Waals surface area contributed by atoms with Gasteiger partial charge in [0.25, 0.3) is 0 Å². The van der Waals surface area contributed by atoms with Crippen LogP contribution in [0.15, 0.2) is 24.3 Å². The molecule has 0 spiro atoms. The van der Waals surface area contributed by atoms with Gasteiger partial charge in [-0.3, -0.25) is 4.79 Å². The SMILES string of the molecule is CC(c1ccccc1F)N(C)C(=O)CCCCl. The van der Waals surface area contributed by atoms with Crippen LogP contribution in [0.25, 0.3) is 0 Å². The Labute approximate surface area is 106 Å². The molecular weight excluding hydrogens is 241 g/mol. The molecule has 0 N–H and O–H groups in total. The van der Waals surface area contributed by atoms with Crippen molar-refractivity contribution in [1.29, 1.82) is 0 Å². The standard InChI is InChI=1S/C13H17ClFNO/c1-10(11-6-3-4-7-12(11)15)16(2)13(17)8-5-9-14/h3-4,6-7,10H,5,8-9H2,1-2H3. The van der Waals surface area contributed by atoms with Crippen molar-refractivity contribution in [3.63, 3.8) is 0 Å². The normalized spacial score (nSPS) is 12.2. The molecule has 4 heteroatoms. The Kier molecular flexibility index (Phi) is 5.42. The van der Waals surface area contributed by atoms with E-state index in [2.05, 4.69) is 0 Å². The first-order valence-corrected chi connectivity index (χ1v) is 6.17. The summed E-state index contributed by atoms with van der Waals surface area (Å²) in [6.07, 6.45) is 1.05. The monoisotopic (exact) mass is 257 g/mol. The van der Waals surface area contributed by atoms with Crippen molar-refractivity contribution in [2.24, 2.45) is 0 Å². The molecule has 17 heavy (non-hydrogen) atoms. The Morgan fingerprint density at radius 1 is 1.47 bits per heavy atom. The molecule has 0 aliphatic carbocycles. The molecule has 1 rings (SSSR count). The van der Waals surface area contributed by atoms with Crippen LogP contribution in [0.2, 0.25) is 0 Å². The summed E-state index contributed by atoms with van der Waals surface area (Å²) in [5.41, 5.74) is 0.536. The van der Waals surface area contributed by atoms with Gasteiger partial charge in [-0.15, -0.1) is 11.6 Å². The lowest BCUT2D eigenvalue weighted by atomic mass is 10.1. The van der Waals surface area contributed by atoms with Crippen molar-refractivity contribution >= 4 is 17.5 Å². The average molecular weight is 258 g/mol. The number of rotatable bonds is 5. The molecular formula is C13H17ClFNO. The van der Waals surface area contributed by atoms with Gasteiger partial charge in [0.1, 0.15) is 5.82 Å². The van der Waals surface area contributed by atoms with Gasteiger partial charge in [0, 0.05) is 24.9 Å². The van der Waals surface area contributed by atoms with Crippen LogP contribution in [0.4, 0.5) is 4.39 Å². The fourth-order valence-corrected chi connectivity index (χ4v) is 1.77. The molecule has 0 aliphatic rings. The minimum atomic E-state index is -0.281. The van der Waals surface area contributed by atoms with E-state index in [-0.39, 0.29) is 17.8 Å². The van der Waals surface area contributed by atoms with Crippen molar-refractivity contribution in [3.05, 3.63) is 35.6 Å². The number of halogens is 2. The van der Waals surface area contributed by atoms with Crippen LogP contribution in [0.1, 0.15) is 31.4 Å². The molecule has 0 fully saturated rings. The van der Waals surface area contributed by atoms with E-state index < -0.39 is 0 Å². The summed E-state index contributed by atoms with van der Waals surface area (Å²) in [7, 11) is 1.69. The van der Waals surface area contributed by atoms with Crippen LogP contribution >= 0.6 is 11.6 Å². The molecule has 1 atom stereocenters. The summed E-state index contributed by atoms with van der Waals surface area (Å²) < 4.78 is 13.6. The van der Waals surface area contributed by atoms with Gasteiger partial charge in [-0.2, -0.15) is 0 Å². The molecule has 94 valence electrons. The third-order valence-corrected chi connectivity index (χ3v) is 3.12. The molecule has 2 nitrogen and oxygen atoms in total. The van der Waals surface area contributed by atoms with Crippen LogP contribution in [0.3, 0.4) is 0 Å². The van der Waals surface area contributed by atoms with E-state index >= 15 is 0 Å². The molecule has 1 unspecified atom stereocenters.